The summed E-state index contributed by atoms with van der Waals surface area (Å²) in [6, 6.07) is 51.5. The Bertz CT molecular complexity index is 1330. The summed E-state index contributed by atoms with van der Waals surface area (Å²) in [6.07, 6.45) is 5.97. The molecule has 5 aromatic rings. The van der Waals surface area contributed by atoms with Crippen LogP contribution in [0.5, 0.6) is 0 Å². The minimum Gasteiger partial charge on any atom is -0.302 e. The Morgan fingerprint density at radius 2 is 0.737 bits per heavy atom. The molecule has 0 saturated heterocycles. The van der Waals surface area contributed by atoms with Gasteiger partial charge in [0.05, 0.1) is 5.41 Å². The van der Waals surface area contributed by atoms with Gasteiger partial charge in [0, 0.05) is 0 Å². The maximum Gasteiger partial charge on any atom is 0.134 e. The van der Waals surface area contributed by atoms with Crippen LogP contribution in [0.1, 0.15) is 27.8 Å². The molecule has 0 spiro atoms. The van der Waals surface area contributed by atoms with E-state index in [2.05, 4.69) is 72.8 Å². The van der Waals surface area contributed by atoms with Crippen molar-refractivity contribution >= 4 is 17.4 Å². The highest BCUT2D eigenvalue weighted by molar-refractivity contribution is 5.88. The van der Waals surface area contributed by atoms with E-state index in [1.54, 1.807) is 0 Å². The normalized spacial score (nSPS) is 10.8. The van der Waals surface area contributed by atoms with E-state index in [0.717, 1.165) is 45.2 Å². The van der Waals surface area contributed by atoms with Gasteiger partial charge in [-0.25, -0.2) is 0 Å². The summed E-state index contributed by atoms with van der Waals surface area (Å²) >= 11 is 0. The third-order valence-electron chi connectivity index (χ3n) is 6.74. The van der Waals surface area contributed by atoms with Crippen molar-refractivity contribution < 1.29 is 4.79 Å². The first-order valence-corrected chi connectivity index (χ1v) is 12.9. The molecule has 0 N–H and O–H groups in total. The second-order valence-corrected chi connectivity index (χ2v) is 9.47. The monoisotopic (exact) mass is 490 g/mol. The first-order valence-electron chi connectivity index (χ1n) is 12.9. The largest absolute Gasteiger partial charge is 0.302 e. The summed E-state index contributed by atoms with van der Waals surface area (Å²) in [4.78, 5) is 13.3. The fourth-order valence-electron chi connectivity index (χ4n) is 4.88. The van der Waals surface area contributed by atoms with Crippen LogP contribution < -0.4 is 0 Å². The summed E-state index contributed by atoms with van der Waals surface area (Å²) in [7, 11) is 0. The van der Waals surface area contributed by atoms with Gasteiger partial charge in [-0.05, 0) is 45.4 Å². The maximum absolute atomic E-state index is 13.3. The summed E-state index contributed by atoms with van der Waals surface area (Å²) < 4.78 is 0. The number of carbonyl (C=O) groups is 1. The lowest BCUT2D eigenvalue weighted by atomic mass is 9.76. The van der Waals surface area contributed by atoms with Crippen LogP contribution in [-0.2, 0) is 11.2 Å². The van der Waals surface area contributed by atoms with Gasteiger partial charge in [0.25, 0.3) is 0 Å². The van der Waals surface area contributed by atoms with Crippen LogP contribution in [0.2, 0.25) is 0 Å². The summed E-state index contributed by atoms with van der Waals surface area (Å²) in [6.45, 7) is 0. The average molecular weight is 491 g/mol. The van der Waals surface area contributed by atoms with E-state index in [4.69, 9.17) is 0 Å². The molecule has 5 aromatic carbocycles. The second-order valence-electron chi connectivity index (χ2n) is 9.47. The molecule has 0 aliphatic rings. The van der Waals surface area contributed by atoms with Crippen LogP contribution in [0.25, 0.3) is 11.1 Å². The smallest absolute Gasteiger partial charge is 0.134 e. The van der Waals surface area contributed by atoms with Crippen molar-refractivity contribution in [3.63, 3.8) is 0 Å². The van der Waals surface area contributed by atoms with Gasteiger partial charge in [0.15, 0.2) is 0 Å². The predicted molar refractivity (Wildman–Crippen MR) is 159 cm³/mol. The van der Waals surface area contributed by atoms with E-state index < -0.39 is 5.41 Å². The van der Waals surface area contributed by atoms with Crippen LogP contribution in [0.3, 0.4) is 0 Å². The number of aldehydes is 1. The predicted octanol–water partition coefficient (Wildman–Crippen LogP) is 8.68. The molecule has 0 atom stereocenters. The third kappa shape index (κ3) is 5.96. The highest BCUT2D eigenvalue weighted by Gasteiger charge is 2.28. The van der Waals surface area contributed by atoms with Crippen molar-refractivity contribution in [1.82, 2.24) is 0 Å². The fraction of sp³-hybridized carbons (Fsp3) is 0.0541. The van der Waals surface area contributed by atoms with Crippen molar-refractivity contribution in [2.24, 2.45) is 5.41 Å². The number of carbonyl (C=O) groups excluding carboxylic acids is 1. The average Bonchev–Trinajstić information content (AvgIpc) is 3.01. The summed E-state index contributed by atoms with van der Waals surface area (Å²) in [5.74, 6) is 0. The van der Waals surface area contributed by atoms with Crippen LogP contribution in [-0.4, -0.2) is 6.29 Å². The molecule has 0 saturated carbocycles. The summed E-state index contributed by atoms with van der Waals surface area (Å²) in [5.41, 5.74) is 6.58. The van der Waals surface area contributed by atoms with E-state index >= 15 is 0 Å². The Labute approximate surface area is 225 Å². The molecule has 1 nitrogen and oxygen atoms in total. The molecule has 38 heavy (non-hydrogen) atoms. The highest BCUT2D eigenvalue weighted by atomic mass is 16.1. The van der Waals surface area contributed by atoms with Gasteiger partial charge in [0.1, 0.15) is 6.29 Å². The topological polar surface area (TPSA) is 17.1 Å². The molecule has 184 valence electrons. The fourth-order valence-corrected chi connectivity index (χ4v) is 4.88. The van der Waals surface area contributed by atoms with Gasteiger partial charge in [-0.15, -0.1) is 0 Å². The minimum absolute atomic E-state index is 0.545. The second kappa shape index (κ2) is 12.0. The van der Waals surface area contributed by atoms with E-state index in [1.165, 1.54) is 0 Å². The van der Waals surface area contributed by atoms with E-state index in [9.17, 15) is 4.79 Å². The van der Waals surface area contributed by atoms with Crippen LogP contribution >= 0.6 is 0 Å². The van der Waals surface area contributed by atoms with E-state index in [0.29, 0.717) is 6.42 Å². The van der Waals surface area contributed by atoms with Crippen molar-refractivity contribution in [3.8, 4) is 0 Å². The van der Waals surface area contributed by atoms with Gasteiger partial charge in [-0.2, -0.15) is 0 Å². The molecule has 0 aliphatic heterocycles. The lowest BCUT2D eigenvalue weighted by molar-refractivity contribution is -0.112. The molecule has 0 unspecified atom stereocenters. The first kappa shape index (κ1) is 24.9. The van der Waals surface area contributed by atoms with Gasteiger partial charge in [-0.1, -0.05) is 164 Å². The third-order valence-corrected chi connectivity index (χ3v) is 6.74. The maximum atomic E-state index is 13.3. The Kier molecular flexibility index (Phi) is 7.86. The van der Waals surface area contributed by atoms with Crippen LogP contribution in [0, 0.1) is 5.41 Å². The molecular weight excluding hydrogens is 460 g/mol. The highest BCUT2D eigenvalue weighted by Crippen LogP contribution is 2.37. The van der Waals surface area contributed by atoms with E-state index in [1.807, 2.05) is 91.0 Å². The molecule has 0 fully saturated rings. The Balaban J connectivity index is 1.78. The molecule has 0 aliphatic carbocycles. The van der Waals surface area contributed by atoms with Crippen molar-refractivity contribution in [2.75, 3.05) is 0 Å². The molecule has 0 bridgehead atoms. The van der Waals surface area contributed by atoms with Crippen molar-refractivity contribution in [3.05, 3.63) is 192 Å². The van der Waals surface area contributed by atoms with Crippen LogP contribution in [0.4, 0.5) is 0 Å². The number of hydrogen-bond donors (Lipinski definition) is 0. The van der Waals surface area contributed by atoms with Crippen molar-refractivity contribution in [1.29, 1.82) is 0 Å². The lowest BCUT2D eigenvalue weighted by Gasteiger charge is -2.26. The molecule has 0 heterocycles. The van der Waals surface area contributed by atoms with Gasteiger partial charge >= 0.3 is 0 Å². The van der Waals surface area contributed by atoms with Crippen LogP contribution in [0.15, 0.2) is 164 Å². The Hall–Kier alpha value is -4.75. The number of allylic oxidation sites excluding steroid dienone is 2. The molecule has 5 rings (SSSR count). The first-order chi connectivity index (χ1) is 18.8. The molecule has 1 heteroatoms. The molecular formula is C37H30O. The zero-order valence-electron chi connectivity index (χ0n) is 21.3. The molecule has 0 aromatic heterocycles. The summed E-state index contributed by atoms with van der Waals surface area (Å²) in [5, 5.41) is 0. The molecule has 0 amide bonds. The standard InChI is InChI=1S/C37H30O/c38-29-37(26-30-16-6-1-7-17-30,27-35(31-18-8-2-9-19-31)32-20-10-3-11-21-32)28-36(33-22-12-4-13-23-33)34-24-14-5-15-25-34/h1-25,27-29H,26H2. The zero-order chi connectivity index (χ0) is 26.0. The van der Waals surface area contributed by atoms with Gasteiger partial charge in [-0.3, -0.25) is 0 Å². The van der Waals surface area contributed by atoms with Gasteiger partial charge < -0.3 is 4.79 Å². The Morgan fingerprint density at radius 1 is 0.447 bits per heavy atom. The SMILES string of the molecule is O=CC(C=C(c1ccccc1)c1ccccc1)(C=C(c1ccccc1)c1ccccc1)Cc1ccccc1. The minimum atomic E-state index is -0.899. The zero-order valence-corrected chi connectivity index (χ0v) is 21.3. The Morgan fingerprint density at radius 3 is 1.03 bits per heavy atom. The molecule has 0 radical (unpaired) electrons. The number of benzene rings is 5. The number of rotatable bonds is 9. The van der Waals surface area contributed by atoms with E-state index in [-0.39, 0.29) is 0 Å². The van der Waals surface area contributed by atoms with Crippen molar-refractivity contribution in [2.45, 2.75) is 6.42 Å². The lowest BCUT2D eigenvalue weighted by Crippen LogP contribution is -2.22. The number of hydrogen-bond acceptors (Lipinski definition) is 1. The quantitative estimate of drug-likeness (QED) is 0.189. The van der Waals surface area contributed by atoms with Gasteiger partial charge in [0.2, 0.25) is 0 Å².